The third kappa shape index (κ3) is 1.97. The highest BCUT2D eigenvalue weighted by atomic mass is 32.2. The molecule has 0 unspecified atom stereocenters. The fourth-order valence-electron chi connectivity index (χ4n) is 0.578. The van der Waals surface area contributed by atoms with E-state index in [2.05, 4.69) is 4.98 Å². The maximum atomic E-state index is 4.92. The summed E-state index contributed by atoms with van der Waals surface area (Å²) in [5.74, 6) is 0. The van der Waals surface area contributed by atoms with Crippen molar-refractivity contribution >= 4 is 23.1 Å². The van der Waals surface area contributed by atoms with E-state index >= 15 is 0 Å². The van der Waals surface area contributed by atoms with Crippen molar-refractivity contribution in [1.29, 1.82) is 0 Å². The Hall–Kier alpha value is -0.0600. The van der Waals surface area contributed by atoms with Gasteiger partial charge in [-0.1, -0.05) is 0 Å². The fourth-order valence-corrected chi connectivity index (χ4v) is 1.98. The number of rotatable bonds is 3. The fraction of sp³-hybridized carbons (Fsp3) is 0.500. The van der Waals surface area contributed by atoms with Gasteiger partial charge in [0, 0.05) is 7.11 Å². The smallest absolute Gasteiger partial charge is 0.119 e. The van der Waals surface area contributed by atoms with E-state index in [0.29, 0.717) is 6.61 Å². The molecular weight excluding hydrogens is 166 g/mol. The Labute approximate surface area is 68.6 Å². The van der Waals surface area contributed by atoms with Crippen molar-refractivity contribution in [2.24, 2.45) is 0 Å². The summed E-state index contributed by atoms with van der Waals surface area (Å²) in [6.45, 7) is 0.630. The van der Waals surface area contributed by atoms with E-state index in [4.69, 9.17) is 4.74 Å². The van der Waals surface area contributed by atoms with Gasteiger partial charge in [-0.25, -0.2) is 4.98 Å². The van der Waals surface area contributed by atoms with E-state index in [1.54, 1.807) is 30.2 Å². The van der Waals surface area contributed by atoms with Crippen molar-refractivity contribution in [3.05, 3.63) is 11.2 Å². The molecule has 1 heterocycles. The van der Waals surface area contributed by atoms with Gasteiger partial charge in [0.25, 0.3) is 0 Å². The summed E-state index contributed by atoms with van der Waals surface area (Å²) in [7, 11) is 1.68. The Balaban J connectivity index is 2.59. The monoisotopic (exact) mass is 175 g/mol. The molecular formula is C6H9NOS2. The summed E-state index contributed by atoms with van der Waals surface area (Å²) in [5, 5.41) is 1.05. The topological polar surface area (TPSA) is 22.1 Å². The van der Waals surface area contributed by atoms with Gasteiger partial charge in [0.2, 0.25) is 0 Å². The van der Waals surface area contributed by atoms with Crippen LogP contribution in [0.2, 0.25) is 0 Å². The molecule has 1 aromatic rings. The molecule has 0 saturated heterocycles. The van der Waals surface area contributed by atoms with Crippen LogP contribution in [0, 0.1) is 0 Å². The predicted molar refractivity (Wildman–Crippen MR) is 44.6 cm³/mol. The number of aromatic nitrogens is 1. The number of methoxy groups -OCH3 is 1. The first-order chi connectivity index (χ1) is 4.86. The van der Waals surface area contributed by atoms with Crippen LogP contribution in [0.25, 0.3) is 0 Å². The summed E-state index contributed by atoms with van der Waals surface area (Å²) in [5.41, 5.74) is 0. The molecule has 0 saturated carbocycles. The lowest BCUT2D eigenvalue weighted by Gasteiger charge is -1.88. The van der Waals surface area contributed by atoms with Crippen molar-refractivity contribution in [2.45, 2.75) is 10.8 Å². The number of nitrogens with zero attached hydrogens (tertiary/aromatic N) is 1. The van der Waals surface area contributed by atoms with Gasteiger partial charge in [0.05, 0.1) is 17.0 Å². The van der Waals surface area contributed by atoms with Gasteiger partial charge < -0.3 is 4.74 Å². The zero-order chi connectivity index (χ0) is 7.40. The second-order valence-electron chi connectivity index (χ2n) is 1.71. The van der Waals surface area contributed by atoms with Gasteiger partial charge in [-0.05, 0) is 6.26 Å². The first kappa shape index (κ1) is 8.04. The Morgan fingerprint density at radius 1 is 1.80 bits per heavy atom. The number of ether oxygens (including phenoxy) is 1. The minimum Gasteiger partial charge on any atom is -0.378 e. The van der Waals surface area contributed by atoms with E-state index in [0.717, 1.165) is 5.01 Å². The number of hydrogen-bond acceptors (Lipinski definition) is 4. The second kappa shape index (κ2) is 3.95. The highest BCUT2D eigenvalue weighted by molar-refractivity contribution is 8.00. The second-order valence-corrected chi connectivity index (χ2v) is 3.93. The maximum absolute atomic E-state index is 4.92. The zero-order valence-electron chi connectivity index (χ0n) is 5.96. The van der Waals surface area contributed by atoms with Crippen LogP contribution in [-0.2, 0) is 11.3 Å². The number of hydrogen-bond donors (Lipinski definition) is 0. The largest absolute Gasteiger partial charge is 0.378 e. The Bertz CT molecular complexity index is 199. The van der Waals surface area contributed by atoms with E-state index < -0.39 is 0 Å². The van der Waals surface area contributed by atoms with E-state index in [9.17, 15) is 0 Å². The molecule has 0 fully saturated rings. The Kier molecular flexibility index (Phi) is 3.18. The van der Waals surface area contributed by atoms with Crippen molar-refractivity contribution in [2.75, 3.05) is 13.4 Å². The summed E-state index contributed by atoms with van der Waals surface area (Å²) in [6.07, 6.45) is 3.92. The van der Waals surface area contributed by atoms with Gasteiger partial charge in [0.15, 0.2) is 0 Å². The number of thioether (sulfide) groups is 1. The molecule has 0 atom stereocenters. The first-order valence-corrected chi connectivity index (χ1v) is 4.88. The summed E-state index contributed by atoms with van der Waals surface area (Å²) in [4.78, 5) is 4.15. The quantitative estimate of drug-likeness (QED) is 0.656. The third-order valence-corrected chi connectivity index (χ3v) is 3.02. The molecule has 1 aromatic heterocycles. The molecule has 0 aliphatic rings. The van der Waals surface area contributed by atoms with Crippen LogP contribution in [0.4, 0.5) is 0 Å². The normalized spacial score (nSPS) is 10.2. The van der Waals surface area contributed by atoms with Gasteiger partial charge >= 0.3 is 0 Å². The number of thiazole rings is 1. The van der Waals surface area contributed by atoms with Crippen LogP contribution in [0.3, 0.4) is 0 Å². The third-order valence-electron chi connectivity index (χ3n) is 1.00. The Morgan fingerprint density at radius 3 is 3.10 bits per heavy atom. The van der Waals surface area contributed by atoms with Gasteiger partial charge in [-0.3, -0.25) is 0 Å². The molecule has 0 radical (unpaired) electrons. The molecule has 0 N–H and O–H groups in total. The summed E-state index contributed by atoms with van der Waals surface area (Å²) < 4.78 is 6.17. The molecule has 0 amide bonds. The van der Waals surface area contributed by atoms with Crippen molar-refractivity contribution < 1.29 is 4.74 Å². The van der Waals surface area contributed by atoms with E-state index in [1.807, 2.05) is 12.5 Å². The molecule has 10 heavy (non-hydrogen) atoms. The minimum atomic E-state index is 0.630. The van der Waals surface area contributed by atoms with E-state index in [-0.39, 0.29) is 0 Å². The lowest BCUT2D eigenvalue weighted by atomic mass is 10.7. The average Bonchev–Trinajstić information content (AvgIpc) is 2.37. The lowest BCUT2D eigenvalue weighted by Crippen LogP contribution is -1.82. The molecule has 0 bridgehead atoms. The van der Waals surface area contributed by atoms with Gasteiger partial charge in [-0.2, -0.15) is 0 Å². The summed E-state index contributed by atoms with van der Waals surface area (Å²) in [6, 6.07) is 0. The molecule has 0 aliphatic heterocycles. The van der Waals surface area contributed by atoms with Crippen molar-refractivity contribution in [3.63, 3.8) is 0 Å². The van der Waals surface area contributed by atoms with Crippen LogP contribution in [0.15, 0.2) is 10.4 Å². The minimum absolute atomic E-state index is 0.630. The van der Waals surface area contributed by atoms with Crippen LogP contribution in [-0.4, -0.2) is 18.3 Å². The molecule has 0 aliphatic carbocycles. The van der Waals surface area contributed by atoms with Crippen molar-refractivity contribution in [1.82, 2.24) is 4.98 Å². The maximum Gasteiger partial charge on any atom is 0.119 e. The molecule has 1 rings (SSSR count). The highest BCUT2D eigenvalue weighted by Gasteiger charge is 1.98. The molecule has 0 aromatic carbocycles. The first-order valence-electron chi connectivity index (χ1n) is 2.84. The van der Waals surface area contributed by atoms with Crippen molar-refractivity contribution in [3.8, 4) is 0 Å². The molecule has 4 heteroatoms. The Morgan fingerprint density at radius 2 is 2.60 bits per heavy atom. The lowest BCUT2D eigenvalue weighted by molar-refractivity contribution is 0.184. The molecule has 56 valence electrons. The predicted octanol–water partition coefficient (Wildman–Crippen LogP) is 2.01. The van der Waals surface area contributed by atoms with Gasteiger partial charge in [0.1, 0.15) is 5.01 Å². The molecule has 2 nitrogen and oxygen atoms in total. The standard InChI is InChI=1S/C6H9NOS2/c1-8-4-5-7-3-6(9-2)10-5/h3H,4H2,1-2H3. The van der Waals surface area contributed by atoms with Gasteiger partial charge in [-0.15, -0.1) is 23.1 Å². The van der Waals surface area contributed by atoms with E-state index in [1.165, 1.54) is 4.21 Å². The SMILES string of the molecule is COCc1ncc(SC)s1. The van der Waals surface area contributed by atoms with Crippen LogP contribution in [0.5, 0.6) is 0 Å². The molecule has 0 spiro atoms. The average molecular weight is 175 g/mol. The van der Waals surface area contributed by atoms with Crippen LogP contribution < -0.4 is 0 Å². The van der Waals surface area contributed by atoms with Crippen LogP contribution >= 0.6 is 23.1 Å². The summed E-state index contributed by atoms with van der Waals surface area (Å²) >= 11 is 3.40. The highest BCUT2D eigenvalue weighted by Crippen LogP contribution is 2.22. The van der Waals surface area contributed by atoms with Crippen LogP contribution in [0.1, 0.15) is 5.01 Å². The zero-order valence-corrected chi connectivity index (χ0v) is 7.59.